The number of benzene rings is 2. The van der Waals surface area contributed by atoms with Gasteiger partial charge >= 0.3 is 0 Å². The van der Waals surface area contributed by atoms with Crippen LogP contribution >= 0.6 is 0 Å². The van der Waals surface area contributed by atoms with E-state index in [0.29, 0.717) is 11.3 Å². The molecule has 0 aliphatic carbocycles. The highest BCUT2D eigenvalue weighted by molar-refractivity contribution is 5.97. The summed E-state index contributed by atoms with van der Waals surface area (Å²) >= 11 is 0. The maximum atomic E-state index is 13.6. The zero-order valence-corrected chi connectivity index (χ0v) is 13.5. The average molecular weight is 351 g/mol. The fraction of sp³-hybridized carbons (Fsp3) is 0.176. The minimum absolute atomic E-state index is 0.287. The summed E-state index contributed by atoms with van der Waals surface area (Å²) in [5.41, 5.74) is 0.429. The molecule has 0 spiro atoms. The topological polar surface area (TPSA) is 70.2 Å². The first-order valence-corrected chi connectivity index (χ1v) is 7.36. The monoisotopic (exact) mass is 351 g/mol. The Hall–Kier alpha value is -3.03. The molecule has 0 aromatic heterocycles. The molecule has 0 radical (unpaired) electrons. The van der Waals surface area contributed by atoms with E-state index in [2.05, 4.69) is 16.0 Å². The zero-order chi connectivity index (χ0) is 18.6. The lowest BCUT2D eigenvalue weighted by molar-refractivity contribution is -0.116. The summed E-state index contributed by atoms with van der Waals surface area (Å²) in [6.45, 7) is 1.50. The SMILES string of the molecule is CNC(=O)c1cccc(N[C@@H](C)C(=O)Nc2ccc(F)c(F)c2F)c1. The molecule has 0 fully saturated rings. The molecule has 2 rings (SSSR count). The Morgan fingerprint density at radius 2 is 1.76 bits per heavy atom. The van der Waals surface area contributed by atoms with Crippen molar-refractivity contribution in [3.05, 3.63) is 59.4 Å². The van der Waals surface area contributed by atoms with Crippen LogP contribution in [0.25, 0.3) is 0 Å². The highest BCUT2D eigenvalue weighted by atomic mass is 19.2. The van der Waals surface area contributed by atoms with Crippen LogP contribution in [0, 0.1) is 17.5 Å². The first kappa shape index (κ1) is 18.3. The largest absolute Gasteiger partial charge is 0.374 e. The second kappa shape index (κ2) is 7.69. The molecule has 2 aromatic rings. The smallest absolute Gasteiger partial charge is 0.251 e. The van der Waals surface area contributed by atoms with Gasteiger partial charge in [-0.3, -0.25) is 9.59 Å². The van der Waals surface area contributed by atoms with E-state index in [-0.39, 0.29) is 5.91 Å². The molecule has 0 saturated heterocycles. The Balaban J connectivity index is 2.08. The van der Waals surface area contributed by atoms with Crippen molar-refractivity contribution in [2.45, 2.75) is 13.0 Å². The van der Waals surface area contributed by atoms with Crippen LogP contribution in [0.15, 0.2) is 36.4 Å². The van der Waals surface area contributed by atoms with Crippen molar-refractivity contribution in [1.29, 1.82) is 0 Å². The minimum Gasteiger partial charge on any atom is -0.374 e. The van der Waals surface area contributed by atoms with Crippen LogP contribution < -0.4 is 16.0 Å². The van der Waals surface area contributed by atoms with E-state index in [4.69, 9.17) is 0 Å². The summed E-state index contributed by atoms with van der Waals surface area (Å²) in [7, 11) is 1.49. The predicted molar refractivity (Wildman–Crippen MR) is 87.9 cm³/mol. The molecule has 1 atom stereocenters. The maximum Gasteiger partial charge on any atom is 0.251 e. The molecule has 2 amide bonds. The molecule has 132 valence electrons. The molecular formula is C17H16F3N3O2. The van der Waals surface area contributed by atoms with Gasteiger partial charge in [0, 0.05) is 18.3 Å². The van der Waals surface area contributed by atoms with Gasteiger partial charge < -0.3 is 16.0 Å². The van der Waals surface area contributed by atoms with Gasteiger partial charge in [0.2, 0.25) is 5.91 Å². The van der Waals surface area contributed by atoms with Crippen LogP contribution in [0.4, 0.5) is 24.5 Å². The van der Waals surface area contributed by atoms with Crippen molar-refractivity contribution < 1.29 is 22.8 Å². The Morgan fingerprint density at radius 3 is 2.44 bits per heavy atom. The molecule has 8 heteroatoms. The average Bonchev–Trinajstić information content (AvgIpc) is 2.61. The quantitative estimate of drug-likeness (QED) is 0.726. The van der Waals surface area contributed by atoms with Gasteiger partial charge in [-0.15, -0.1) is 0 Å². The molecule has 0 heterocycles. The van der Waals surface area contributed by atoms with Gasteiger partial charge in [0.25, 0.3) is 5.91 Å². The lowest BCUT2D eigenvalue weighted by Gasteiger charge is -2.16. The lowest BCUT2D eigenvalue weighted by atomic mass is 10.1. The number of anilines is 2. The molecule has 0 unspecified atom stereocenters. The molecule has 0 aliphatic rings. The standard InChI is InChI=1S/C17H16F3N3O2/c1-9(22-11-5-3-4-10(8-11)17(25)21-2)16(24)23-13-7-6-12(18)14(19)15(13)20/h3-9,22H,1-2H3,(H,21,25)(H,23,24)/t9-/m0/s1. The van der Waals surface area contributed by atoms with Gasteiger partial charge in [-0.2, -0.15) is 0 Å². The third kappa shape index (κ3) is 4.28. The normalized spacial score (nSPS) is 11.6. The number of carbonyl (C=O) groups excluding carboxylic acids is 2. The van der Waals surface area contributed by atoms with Crippen LogP contribution in [0.5, 0.6) is 0 Å². The molecule has 0 saturated carbocycles. The maximum absolute atomic E-state index is 13.6. The number of hydrogen-bond donors (Lipinski definition) is 3. The van der Waals surface area contributed by atoms with Crippen molar-refractivity contribution in [2.24, 2.45) is 0 Å². The van der Waals surface area contributed by atoms with Crippen LogP contribution in [-0.2, 0) is 4.79 Å². The van der Waals surface area contributed by atoms with Gasteiger partial charge in [-0.1, -0.05) is 6.07 Å². The van der Waals surface area contributed by atoms with Crippen molar-refractivity contribution in [3.63, 3.8) is 0 Å². The van der Waals surface area contributed by atoms with Crippen molar-refractivity contribution in [1.82, 2.24) is 5.32 Å². The molecule has 0 aliphatic heterocycles. The van der Waals surface area contributed by atoms with E-state index in [1.807, 2.05) is 0 Å². The van der Waals surface area contributed by atoms with Gasteiger partial charge in [0.15, 0.2) is 17.5 Å². The van der Waals surface area contributed by atoms with Crippen LogP contribution in [0.2, 0.25) is 0 Å². The number of amides is 2. The third-order valence-corrected chi connectivity index (χ3v) is 3.42. The van der Waals surface area contributed by atoms with E-state index >= 15 is 0 Å². The summed E-state index contributed by atoms with van der Waals surface area (Å²) in [4.78, 5) is 23.7. The zero-order valence-electron chi connectivity index (χ0n) is 13.5. The van der Waals surface area contributed by atoms with E-state index in [0.717, 1.165) is 12.1 Å². The molecule has 2 aromatic carbocycles. The van der Waals surface area contributed by atoms with Crippen LogP contribution in [0.3, 0.4) is 0 Å². The van der Waals surface area contributed by atoms with Crippen molar-refractivity contribution in [2.75, 3.05) is 17.7 Å². The van der Waals surface area contributed by atoms with Gasteiger partial charge in [-0.05, 0) is 37.3 Å². The highest BCUT2D eigenvalue weighted by Gasteiger charge is 2.18. The van der Waals surface area contributed by atoms with E-state index < -0.39 is 35.1 Å². The highest BCUT2D eigenvalue weighted by Crippen LogP contribution is 2.20. The van der Waals surface area contributed by atoms with Gasteiger partial charge in [-0.25, -0.2) is 13.2 Å². The molecule has 3 N–H and O–H groups in total. The van der Waals surface area contributed by atoms with E-state index in [9.17, 15) is 22.8 Å². The Bertz CT molecular complexity index is 812. The Morgan fingerprint density at radius 1 is 1.04 bits per heavy atom. The Kier molecular flexibility index (Phi) is 5.63. The number of carbonyl (C=O) groups is 2. The first-order valence-electron chi connectivity index (χ1n) is 7.36. The molecule has 25 heavy (non-hydrogen) atoms. The fourth-order valence-electron chi connectivity index (χ4n) is 2.07. The Labute approximate surface area is 142 Å². The van der Waals surface area contributed by atoms with Gasteiger partial charge in [0.05, 0.1) is 5.69 Å². The summed E-state index contributed by atoms with van der Waals surface area (Å²) in [6, 6.07) is 7.25. The molecule has 0 bridgehead atoms. The summed E-state index contributed by atoms with van der Waals surface area (Å²) in [5.74, 6) is -5.41. The number of rotatable bonds is 5. The second-order valence-corrected chi connectivity index (χ2v) is 5.24. The van der Waals surface area contributed by atoms with E-state index in [1.165, 1.54) is 14.0 Å². The summed E-state index contributed by atoms with van der Waals surface area (Å²) in [6.07, 6.45) is 0. The van der Waals surface area contributed by atoms with Crippen molar-refractivity contribution >= 4 is 23.2 Å². The summed E-state index contributed by atoms with van der Waals surface area (Å²) < 4.78 is 39.7. The van der Waals surface area contributed by atoms with Crippen LogP contribution in [0.1, 0.15) is 17.3 Å². The second-order valence-electron chi connectivity index (χ2n) is 5.24. The minimum atomic E-state index is -1.66. The van der Waals surface area contributed by atoms with Crippen LogP contribution in [-0.4, -0.2) is 24.9 Å². The number of halogens is 3. The number of nitrogens with one attached hydrogen (secondary N) is 3. The van der Waals surface area contributed by atoms with Crippen molar-refractivity contribution in [3.8, 4) is 0 Å². The van der Waals surface area contributed by atoms with E-state index in [1.54, 1.807) is 24.3 Å². The third-order valence-electron chi connectivity index (χ3n) is 3.42. The predicted octanol–water partition coefficient (Wildman–Crippen LogP) is 2.90. The summed E-state index contributed by atoms with van der Waals surface area (Å²) in [5, 5.41) is 7.51. The molecular weight excluding hydrogens is 335 g/mol. The number of hydrogen-bond acceptors (Lipinski definition) is 3. The molecule has 5 nitrogen and oxygen atoms in total. The lowest BCUT2D eigenvalue weighted by Crippen LogP contribution is -2.32. The first-order chi connectivity index (χ1) is 11.8. The van der Waals surface area contributed by atoms with Gasteiger partial charge in [0.1, 0.15) is 6.04 Å². The fourth-order valence-corrected chi connectivity index (χ4v) is 2.07.